The van der Waals surface area contributed by atoms with Gasteiger partial charge in [-0.05, 0) is 34.1 Å². The average molecular weight is 424 g/mol. The zero-order chi connectivity index (χ0) is 17.6. The number of aliphatic hydroxyl groups excluding tert-OH is 1. The number of nitrogens with zero attached hydrogens (tertiary/aromatic N) is 2. The van der Waals surface area contributed by atoms with E-state index in [4.69, 9.17) is 11.6 Å². The molecule has 1 aromatic carbocycles. The number of hydrogen-bond acceptors (Lipinski definition) is 2. The Labute approximate surface area is 146 Å². The van der Waals surface area contributed by atoms with E-state index in [1.54, 1.807) is 6.20 Å². The van der Waals surface area contributed by atoms with Crippen molar-refractivity contribution in [1.82, 2.24) is 9.38 Å². The molecule has 9 heteroatoms. The third-order valence-corrected chi connectivity index (χ3v) is 4.41. The predicted octanol–water partition coefficient (Wildman–Crippen LogP) is 5.07. The molecule has 0 saturated carbocycles. The van der Waals surface area contributed by atoms with Crippen LogP contribution in [-0.2, 0) is 12.8 Å². The number of fused-ring (bicyclic) bond motifs is 1. The Morgan fingerprint density at radius 3 is 2.54 bits per heavy atom. The molecule has 2 heterocycles. The van der Waals surface area contributed by atoms with Crippen molar-refractivity contribution in [2.75, 3.05) is 0 Å². The standard InChI is InChI=1S/C15H8BrClF4N2O/c16-13-12-8(6-24)10(17)3-4-23(12)14(22-13)7-1-2-9(11(18)5-7)15(19,20)21/h1-5,24H,6H2. The first-order valence-electron chi connectivity index (χ1n) is 6.57. The molecule has 0 bridgehead atoms. The second-order valence-corrected chi connectivity index (χ2v) is 6.10. The maximum Gasteiger partial charge on any atom is 0.419 e. The van der Waals surface area contributed by atoms with E-state index < -0.39 is 17.6 Å². The van der Waals surface area contributed by atoms with Crippen LogP contribution in [0, 0.1) is 5.82 Å². The molecule has 0 amide bonds. The van der Waals surface area contributed by atoms with Gasteiger partial charge in [-0.1, -0.05) is 17.7 Å². The highest BCUT2D eigenvalue weighted by Gasteiger charge is 2.34. The summed E-state index contributed by atoms with van der Waals surface area (Å²) < 4.78 is 53.7. The van der Waals surface area contributed by atoms with Crippen molar-refractivity contribution < 1.29 is 22.7 Å². The SMILES string of the molecule is OCc1c(Cl)ccn2c(-c3ccc(C(F)(F)F)c(F)c3)nc(Br)c12. The Morgan fingerprint density at radius 2 is 1.96 bits per heavy atom. The molecular weight excluding hydrogens is 416 g/mol. The van der Waals surface area contributed by atoms with Gasteiger partial charge < -0.3 is 5.11 Å². The molecule has 0 aliphatic heterocycles. The number of aliphatic hydroxyl groups is 1. The number of imidazole rings is 1. The molecule has 3 nitrogen and oxygen atoms in total. The molecule has 1 N–H and O–H groups in total. The van der Waals surface area contributed by atoms with E-state index in [0.717, 1.165) is 12.1 Å². The van der Waals surface area contributed by atoms with Gasteiger partial charge in [0.25, 0.3) is 0 Å². The van der Waals surface area contributed by atoms with Crippen molar-refractivity contribution in [3.8, 4) is 11.4 Å². The summed E-state index contributed by atoms with van der Waals surface area (Å²) in [7, 11) is 0. The Morgan fingerprint density at radius 1 is 1.25 bits per heavy atom. The van der Waals surface area contributed by atoms with E-state index in [-0.39, 0.29) is 18.0 Å². The summed E-state index contributed by atoms with van der Waals surface area (Å²) in [6.07, 6.45) is -3.23. The lowest BCUT2D eigenvalue weighted by atomic mass is 10.1. The Bertz CT molecular complexity index is 939. The summed E-state index contributed by atoms with van der Waals surface area (Å²) >= 11 is 9.25. The number of halogens is 6. The zero-order valence-corrected chi connectivity index (χ0v) is 14.0. The lowest BCUT2D eigenvalue weighted by Crippen LogP contribution is -2.08. The van der Waals surface area contributed by atoms with E-state index in [1.165, 1.54) is 10.5 Å². The van der Waals surface area contributed by atoms with Crippen LogP contribution in [-0.4, -0.2) is 14.5 Å². The summed E-state index contributed by atoms with van der Waals surface area (Å²) in [6.45, 7) is -0.353. The van der Waals surface area contributed by atoms with Gasteiger partial charge in [-0.3, -0.25) is 4.40 Å². The maximum absolute atomic E-state index is 13.8. The number of aromatic nitrogens is 2. The van der Waals surface area contributed by atoms with Crippen molar-refractivity contribution in [2.24, 2.45) is 0 Å². The largest absolute Gasteiger partial charge is 0.419 e. The van der Waals surface area contributed by atoms with Crippen LogP contribution in [0.4, 0.5) is 17.6 Å². The molecular formula is C15H8BrClF4N2O. The Kier molecular flexibility index (Phi) is 4.31. The second-order valence-electron chi connectivity index (χ2n) is 4.94. The monoisotopic (exact) mass is 422 g/mol. The number of benzene rings is 1. The van der Waals surface area contributed by atoms with Gasteiger partial charge in [-0.2, -0.15) is 13.2 Å². The first-order valence-corrected chi connectivity index (χ1v) is 7.74. The van der Waals surface area contributed by atoms with Crippen LogP contribution in [0.15, 0.2) is 35.1 Å². The van der Waals surface area contributed by atoms with Crippen LogP contribution in [0.5, 0.6) is 0 Å². The summed E-state index contributed by atoms with van der Waals surface area (Å²) in [4.78, 5) is 4.20. The van der Waals surface area contributed by atoms with E-state index in [0.29, 0.717) is 26.8 Å². The highest BCUT2D eigenvalue weighted by Crippen LogP contribution is 2.35. The van der Waals surface area contributed by atoms with Crippen molar-refractivity contribution in [3.05, 3.63) is 57.0 Å². The van der Waals surface area contributed by atoms with Crippen LogP contribution >= 0.6 is 27.5 Å². The molecule has 0 spiro atoms. The fraction of sp³-hybridized carbons (Fsp3) is 0.133. The highest BCUT2D eigenvalue weighted by molar-refractivity contribution is 9.10. The summed E-state index contributed by atoms with van der Waals surface area (Å²) in [5.74, 6) is -1.17. The molecule has 0 aliphatic rings. The van der Waals surface area contributed by atoms with Crippen LogP contribution in [0.2, 0.25) is 5.02 Å². The van der Waals surface area contributed by atoms with E-state index in [2.05, 4.69) is 20.9 Å². The molecule has 0 saturated heterocycles. The fourth-order valence-electron chi connectivity index (χ4n) is 2.41. The summed E-state index contributed by atoms with van der Waals surface area (Å²) in [6, 6.07) is 4.10. The van der Waals surface area contributed by atoms with Gasteiger partial charge in [0.1, 0.15) is 16.2 Å². The highest BCUT2D eigenvalue weighted by atomic mass is 79.9. The van der Waals surface area contributed by atoms with Gasteiger partial charge in [0.05, 0.1) is 17.7 Å². The minimum absolute atomic E-state index is 0.160. The lowest BCUT2D eigenvalue weighted by molar-refractivity contribution is -0.139. The molecule has 0 radical (unpaired) electrons. The van der Waals surface area contributed by atoms with Crippen LogP contribution in [0.1, 0.15) is 11.1 Å². The third-order valence-electron chi connectivity index (χ3n) is 3.50. The zero-order valence-electron chi connectivity index (χ0n) is 11.7. The quantitative estimate of drug-likeness (QED) is 0.585. The van der Waals surface area contributed by atoms with Gasteiger partial charge >= 0.3 is 6.18 Å². The molecule has 3 rings (SSSR count). The smallest absolute Gasteiger partial charge is 0.392 e. The van der Waals surface area contributed by atoms with E-state index in [1.807, 2.05) is 0 Å². The van der Waals surface area contributed by atoms with Gasteiger partial charge in [0.2, 0.25) is 0 Å². The first-order chi connectivity index (χ1) is 11.2. The molecule has 3 aromatic rings. The van der Waals surface area contributed by atoms with Crippen molar-refractivity contribution >= 4 is 33.0 Å². The molecule has 24 heavy (non-hydrogen) atoms. The van der Waals surface area contributed by atoms with Crippen LogP contribution < -0.4 is 0 Å². The maximum atomic E-state index is 13.8. The molecule has 2 aromatic heterocycles. The molecule has 0 aliphatic carbocycles. The minimum atomic E-state index is -4.77. The molecule has 0 atom stereocenters. The van der Waals surface area contributed by atoms with Gasteiger partial charge in [-0.25, -0.2) is 9.37 Å². The lowest BCUT2D eigenvalue weighted by Gasteiger charge is -2.10. The molecule has 0 fully saturated rings. The van der Waals surface area contributed by atoms with Gasteiger partial charge in [-0.15, -0.1) is 0 Å². The van der Waals surface area contributed by atoms with Crippen molar-refractivity contribution in [3.63, 3.8) is 0 Å². The number of hydrogen-bond donors (Lipinski definition) is 1. The number of alkyl halides is 3. The van der Waals surface area contributed by atoms with Crippen LogP contribution in [0.25, 0.3) is 16.9 Å². The second kappa shape index (κ2) is 6.02. The number of pyridine rings is 1. The normalized spacial score (nSPS) is 12.1. The van der Waals surface area contributed by atoms with Crippen molar-refractivity contribution in [1.29, 1.82) is 0 Å². The van der Waals surface area contributed by atoms with Gasteiger partial charge in [0.15, 0.2) is 0 Å². The predicted molar refractivity (Wildman–Crippen MR) is 84.2 cm³/mol. The topological polar surface area (TPSA) is 37.5 Å². The molecule has 0 unspecified atom stereocenters. The third kappa shape index (κ3) is 2.78. The van der Waals surface area contributed by atoms with Crippen molar-refractivity contribution in [2.45, 2.75) is 12.8 Å². The minimum Gasteiger partial charge on any atom is -0.392 e. The first kappa shape index (κ1) is 17.2. The Balaban J connectivity index is 2.23. The summed E-state index contributed by atoms with van der Waals surface area (Å²) in [5, 5.41) is 9.77. The van der Waals surface area contributed by atoms with E-state index in [9.17, 15) is 22.7 Å². The van der Waals surface area contributed by atoms with Gasteiger partial charge in [0, 0.05) is 22.3 Å². The molecule has 126 valence electrons. The average Bonchev–Trinajstić information content (AvgIpc) is 2.83. The summed E-state index contributed by atoms with van der Waals surface area (Å²) in [5.41, 5.74) is -0.324. The Hall–Kier alpha value is -1.64. The number of rotatable bonds is 2. The van der Waals surface area contributed by atoms with E-state index >= 15 is 0 Å². The van der Waals surface area contributed by atoms with Crippen LogP contribution in [0.3, 0.4) is 0 Å². The fourth-order valence-corrected chi connectivity index (χ4v) is 3.22.